The summed E-state index contributed by atoms with van der Waals surface area (Å²) in [6, 6.07) is 7.24. The zero-order chi connectivity index (χ0) is 18.9. The van der Waals surface area contributed by atoms with Gasteiger partial charge in [0.2, 0.25) is 10.0 Å². The van der Waals surface area contributed by atoms with Crippen molar-refractivity contribution in [3.8, 4) is 0 Å². The maximum absolute atomic E-state index is 13.0. The summed E-state index contributed by atoms with van der Waals surface area (Å²) in [6.07, 6.45) is 6.30. The van der Waals surface area contributed by atoms with E-state index in [1.54, 1.807) is 16.4 Å². The van der Waals surface area contributed by atoms with Crippen LogP contribution in [0.3, 0.4) is 0 Å². The quantitative estimate of drug-likeness (QED) is 0.667. The Morgan fingerprint density at radius 2 is 1.93 bits per heavy atom. The van der Waals surface area contributed by atoms with Gasteiger partial charge in [0.15, 0.2) is 0 Å². The minimum Gasteiger partial charge on any atom is -0.381 e. The van der Waals surface area contributed by atoms with Crippen molar-refractivity contribution in [3.63, 3.8) is 0 Å². The van der Waals surface area contributed by atoms with Gasteiger partial charge in [0, 0.05) is 32.9 Å². The first kappa shape index (κ1) is 19.4. The van der Waals surface area contributed by atoms with Crippen LogP contribution in [0.1, 0.15) is 44.1 Å². The van der Waals surface area contributed by atoms with Gasteiger partial charge < -0.3 is 9.47 Å². The molecule has 1 saturated carbocycles. The molecule has 6 heteroatoms. The molecule has 27 heavy (non-hydrogen) atoms. The van der Waals surface area contributed by atoms with E-state index in [2.05, 4.69) is 0 Å². The molecular formula is C21H31NO4S. The summed E-state index contributed by atoms with van der Waals surface area (Å²) in [5, 5.41) is 0. The summed E-state index contributed by atoms with van der Waals surface area (Å²) >= 11 is 0. The average molecular weight is 394 g/mol. The molecule has 1 atom stereocenters. The molecule has 2 heterocycles. The van der Waals surface area contributed by atoms with Gasteiger partial charge >= 0.3 is 0 Å². The number of nitrogens with zero attached hydrogens (tertiary/aromatic N) is 1. The van der Waals surface area contributed by atoms with Gasteiger partial charge in [0.05, 0.1) is 10.5 Å². The van der Waals surface area contributed by atoms with Gasteiger partial charge in [-0.1, -0.05) is 18.2 Å². The van der Waals surface area contributed by atoms with Gasteiger partial charge in [0.25, 0.3) is 0 Å². The zero-order valence-corrected chi connectivity index (χ0v) is 17.0. The lowest BCUT2D eigenvalue weighted by Gasteiger charge is -2.41. The average Bonchev–Trinajstić information content (AvgIpc) is 3.41. The van der Waals surface area contributed by atoms with Crippen LogP contribution in [0.15, 0.2) is 29.2 Å². The van der Waals surface area contributed by atoms with E-state index in [4.69, 9.17) is 9.47 Å². The predicted molar refractivity (Wildman–Crippen MR) is 104 cm³/mol. The number of aryl methyl sites for hydroxylation is 1. The van der Waals surface area contributed by atoms with Gasteiger partial charge in [-0.3, -0.25) is 0 Å². The van der Waals surface area contributed by atoms with Gasteiger partial charge in [-0.2, -0.15) is 4.31 Å². The van der Waals surface area contributed by atoms with Crippen LogP contribution < -0.4 is 0 Å². The number of sulfonamides is 1. The molecule has 4 rings (SSSR count). The summed E-state index contributed by atoms with van der Waals surface area (Å²) in [5.74, 6) is 1.29. The summed E-state index contributed by atoms with van der Waals surface area (Å²) < 4.78 is 39.8. The highest BCUT2D eigenvalue weighted by atomic mass is 32.2. The maximum atomic E-state index is 13.0. The Bertz CT molecular complexity index is 751. The molecule has 2 aliphatic heterocycles. The van der Waals surface area contributed by atoms with E-state index in [0.29, 0.717) is 23.9 Å². The lowest BCUT2D eigenvalue weighted by atomic mass is 9.78. The van der Waals surface area contributed by atoms with E-state index in [1.807, 2.05) is 19.1 Å². The minimum absolute atomic E-state index is 0.152. The van der Waals surface area contributed by atoms with E-state index in [1.165, 1.54) is 12.8 Å². The van der Waals surface area contributed by atoms with Crippen LogP contribution in [0.5, 0.6) is 0 Å². The highest BCUT2D eigenvalue weighted by molar-refractivity contribution is 7.89. The molecule has 0 aromatic heterocycles. The third-order valence-electron chi connectivity index (χ3n) is 6.54. The number of hydrogen-bond acceptors (Lipinski definition) is 4. The fourth-order valence-electron chi connectivity index (χ4n) is 4.60. The maximum Gasteiger partial charge on any atom is 0.243 e. The Kier molecular flexibility index (Phi) is 5.61. The fraction of sp³-hybridized carbons (Fsp3) is 0.714. The first-order valence-electron chi connectivity index (χ1n) is 10.3. The van der Waals surface area contributed by atoms with Crippen LogP contribution in [0.4, 0.5) is 0 Å². The van der Waals surface area contributed by atoms with Crippen molar-refractivity contribution < 1.29 is 17.9 Å². The molecule has 1 aromatic carbocycles. The van der Waals surface area contributed by atoms with Crippen molar-refractivity contribution >= 4 is 10.0 Å². The fourth-order valence-corrected chi connectivity index (χ4v) is 6.26. The van der Waals surface area contributed by atoms with E-state index in [-0.39, 0.29) is 5.60 Å². The largest absolute Gasteiger partial charge is 0.381 e. The molecule has 2 saturated heterocycles. The number of hydrogen-bond donors (Lipinski definition) is 0. The predicted octanol–water partition coefficient (Wildman–Crippen LogP) is 3.37. The number of rotatable bonds is 7. The molecule has 0 amide bonds. The first-order valence-corrected chi connectivity index (χ1v) is 11.7. The van der Waals surface area contributed by atoms with Crippen molar-refractivity contribution in [2.45, 2.75) is 55.9 Å². The molecule has 1 spiro atoms. The lowest BCUT2D eigenvalue weighted by molar-refractivity contribution is -0.0615. The van der Waals surface area contributed by atoms with Crippen LogP contribution in [0.25, 0.3) is 0 Å². The second kappa shape index (κ2) is 7.82. The minimum atomic E-state index is -3.43. The van der Waals surface area contributed by atoms with E-state index >= 15 is 0 Å². The first-order chi connectivity index (χ1) is 13.0. The Morgan fingerprint density at radius 3 is 2.63 bits per heavy atom. The van der Waals surface area contributed by atoms with Crippen LogP contribution in [-0.2, 0) is 19.5 Å². The van der Waals surface area contributed by atoms with Crippen molar-refractivity contribution in [1.29, 1.82) is 0 Å². The summed E-state index contributed by atoms with van der Waals surface area (Å²) in [7, 11) is -3.43. The Hall–Kier alpha value is -0.950. The normalized spacial score (nSPS) is 25.9. The summed E-state index contributed by atoms with van der Waals surface area (Å²) in [4.78, 5) is 0.429. The second-order valence-corrected chi connectivity index (χ2v) is 10.3. The van der Waals surface area contributed by atoms with E-state index < -0.39 is 10.0 Å². The Morgan fingerprint density at radius 1 is 1.19 bits per heavy atom. The molecule has 1 aromatic rings. The molecule has 3 fully saturated rings. The number of benzene rings is 1. The van der Waals surface area contributed by atoms with Crippen molar-refractivity contribution in [1.82, 2.24) is 4.31 Å². The van der Waals surface area contributed by atoms with Crippen molar-refractivity contribution in [3.05, 3.63) is 29.8 Å². The smallest absolute Gasteiger partial charge is 0.243 e. The molecular weight excluding hydrogens is 362 g/mol. The highest BCUT2D eigenvalue weighted by Gasteiger charge is 2.47. The third-order valence-corrected chi connectivity index (χ3v) is 8.60. The molecule has 0 N–H and O–H groups in total. The lowest BCUT2D eigenvalue weighted by Crippen LogP contribution is -2.49. The SMILES string of the molecule is Cc1ccccc1S(=O)(=O)N1CCC2(CC1)OCCC2CCOCC1CC1. The molecule has 3 aliphatic rings. The summed E-state index contributed by atoms with van der Waals surface area (Å²) in [6.45, 7) is 5.43. The number of ether oxygens (including phenoxy) is 2. The van der Waals surface area contributed by atoms with Gasteiger partial charge in [-0.25, -0.2) is 8.42 Å². The van der Waals surface area contributed by atoms with Crippen LogP contribution in [0, 0.1) is 18.8 Å². The third kappa shape index (κ3) is 4.09. The molecule has 0 bridgehead atoms. The van der Waals surface area contributed by atoms with Crippen LogP contribution >= 0.6 is 0 Å². The summed E-state index contributed by atoms with van der Waals surface area (Å²) in [5.41, 5.74) is 0.654. The molecule has 5 nitrogen and oxygen atoms in total. The van der Waals surface area contributed by atoms with E-state index in [0.717, 1.165) is 57.0 Å². The van der Waals surface area contributed by atoms with Crippen molar-refractivity contribution in [2.75, 3.05) is 32.9 Å². The Labute approximate surface area is 163 Å². The topological polar surface area (TPSA) is 55.8 Å². The molecule has 1 aliphatic carbocycles. The highest BCUT2D eigenvalue weighted by Crippen LogP contribution is 2.43. The van der Waals surface area contributed by atoms with Crippen molar-refractivity contribution in [2.24, 2.45) is 11.8 Å². The van der Waals surface area contributed by atoms with Gasteiger partial charge in [-0.05, 0) is 68.9 Å². The van der Waals surface area contributed by atoms with Crippen LogP contribution in [0.2, 0.25) is 0 Å². The van der Waals surface area contributed by atoms with Crippen LogP contribution in [-0.4, -0.2) is 51.2 Å². The Balaban J connectivity index is 1.36. The van der Waals surface area contributed by atoms with Gasteiger partial charge in [-0.15, -0.1) is 0 Å². The monoisotopic (exact) mass is 393 g/mol. The molecule has 150 valence electrons. The number of piperidine rings is 1. The van der Waals surface area contributed by atoms with Gasteiger partial charge in [0.1, 0.15) is 0 Å². The molecule has 1 unspecified atom stereocenters. The standard InChI is InChI=1S/C21H31NO4S/c1-17-4-2-3-5-20(17)27(23,24)22-12-10-21(11-13-22)19(9-15-26-21)8-14-25-16-18-6-7-18/h2-5,18-19H,6-16H2,1H3. The second-order valence-electron chi connectivity index (χ2n) is 8.38. The van der Waals surface area contributed by atoms with E-state index in [9.17, 15) is 8.42 Å². The molecule has 0 radical (unpaired) electrons. The zero-order valence-electron chi connectivity index (χ0n) is 16.2.